The molecule has 1 fully saturated rings. The molecular weight excluding hydrogens is 363 g/mol. The lowest BCUT2D eigenvalue weighted by molar-refractivity contribution is -0.603. The van der Waals surface area contributed by atoms with Crippen LogP contribution in [0.1, 0.15) is 30.9 Å². The maximum absolute atomic E-state index is 13.4. The van der Waals surface area contributed by atoms with E-state index in [1.165, 1.54) is 12.1 Å². The summed E-state index contributed by atoms with van der Waals surface area (Å²) in [7, 11) is 0. The minimum atomic E-state index is -0.449. The van der Waals surface area contributed by atoms with Crippen LogP contribution in [-0.2, 0) is 11.2 Å². The van der Waals surface area contributed by atoms with Gasteiger partial charge in [0.15, 0.2) is 0 Å². The Morgan fingerprint density at radius 2 is 2.21 bits per heavy atom. The number of aromatic nitrogens is 1. The van der Waals surface area contributed by atoms with Crippen molar-refractivity contribution in [3.05, 3.63) is 50.4 Å². The monoisotopic (exact) mass is 385 g/mol. The molecule has 1 aromatic heterocycles. The molecule has 0 saturated carbocycles. The quantitative estimate of drug-likeness (QED) is 0.786. The number of carbonyl (C=O) groups is 1. The lowest BCUT2D eigenvalue weighted by atomic mass is 9.92. The number of hydrogen-bond acceptors (Lipinski definition) is 4. The first-order valence-electron chi connectivity index (χ1n) is 9.24. The minimum Gasteiger partial charge on any atom is -0.347 e. The largest absolute Gasteiger partial charge is 0.347 e. The summed E-state index contributed by atoms with van der Waals surface area (Å²) in [5, 5.41) is 12.4. The summed E-state index contributed by atoms with van der Waals surface area (Å²) in [5.74, 6) is -1.09. The second-order valence-electron chi connectivity index (χ2n) is 7.35. The van der Waals surface area contributed by atoms with E-state index >= 15 is 0 Å². The van der Waals surface area contributed by atoms with Gasteiger partial charge in [-0.2, -0.15) is 5.26 Å². The summed E-state index contributed by atoms with van der Waals surface area (Å²) in [6.45, 7) is 3.62. The fourth-order valence-electron chi connectivity index (χ4n) is 3.82. The predicted molar refractivity (Wildman–Crippen MR) is 101 cm³/mol. The van der Waals surface area contributed by atoms with E-state index in [4.69, 9.17) is 5.26 Å². The van der Waals surface area contributed by atoms with Crippen molar-refractivity contribution in [2.75, 3.05) is 6.54 Å². The SMILES string of the molecule is Cc1c(CC(=O)NC(C)C2CCC(C#N)C[N+]2=O)c(=O)[nH]c2cc(F)ccc12. The van der Waals surface area contributed by atoms with Gasteiger partial charge in [0.25, 0.3) is 5.56 Å². The molecule has 1 amide bonds. The van der Waals surface area contributed by atoms with Gasteiger partial charge in [-0.3, -0.25) is 9.59 Å². The highest BCUT2D eigenvalue weighted by Gasteiger charge is 2.39. The van der Waals surface area contributed by atoms with Crippen LogP contribution in [-0.4, -0.2) is 34.3 Å². The first kappa shape index (κ1) is 19.7. The van der Waals surface area contributed by atoms with Gasteiger partial charge in [-0.25, -0.2) is 4.39 Å². The average Bonchev–Trinajstić information content (AvgIpc) is 2.64. The Morgan fingerprint density at radius 3 is 2.89 bits per heavy atom. The number of halogens is 1. The van der Waals surface area contributed by atoms with E-state index in [1.54, 1.807) is 19.9 Å². The highest BCUT2D eigenvalue weighted by molar-refractivity contribution is 5.85. The van der Waals surface area contributed by atoms with Crippen LogP contribution < -0.4 is 10.9 Å². The number of rotatable bonds is 4. The number of nitrogens with one attached hydrogen (secondary N) is 2. The van der Waals surface area contributed by atoms with Crippen molar-refractivity contribution >= 4 is 16.8 Å². The van der Waals surface area contributed by atoms with E-state index in [1.807, 2.05) is 0 Å². The Labute approximate surface area is 161 Å². The van der Waals surface area contributed by atoms with Crippen LogP contribution in [0.2, 0.25) is 0 Å². The Hall–Kier alpha value is -3.08. The minimum absolute atomic E-state index is 0.134. The molecule has 1 aromatic carbocycles. The van der Waals surface area contributed by atoms with E-state index in [9.17, 15) is 18.9 Å². The molecule has 3 atom stereocenters. The van der Waals surface area contributed by atoms with Crippen LogP contribution in [0.3, 0.4) is 0 Å². The zero-order valence-corrected chi connectivity index (χ0v) is 15.8. The molecule has 1 aliphatic heterocycles. The number of piperidine rings is 1. The summed E-state index contributed by atoms with van der Waals surface area (Å²) in [6, 6.07) is 5.43. The topological polar surface area (TPSA) is 106 Å². The smallest absolute Gasteiger partial charge is 0.252 e. The van der Waals surface area contributed by atoms with E-state index in [0.29, 0.717) is 34.9 Å². The summed E-state index contributed by atoms with van der Waals surface area (Å²) in [6.07, 6.45) is 1.02. The third-order valence-electron chi connectivity index (χ3n) is 5.43. The molecule has 28 heavy (non-hydrogen) atoms. The molecule has 2 heterocycles. The molecule has 3 rings (SSSR count). The van der Waals surface area contributed by atoms with Gasteiger partial charge >= 0.3 is 0 Å². The normalized spacial score (nSPS) is 20.6. The highest BCUT2D eigenvalue weighted by atomic mass is 19.1. The van der Waals surface area contributed by atoms with Crippen LogP contribution in [0.25, 0.3) is 10.9 Å². The van der Waals surface area contributed by atoms with Gasteiger partial charge in [0.05, 0.1) is 24.0 Å². The van der Waals surface area contributed by atoms with Crippen molar-refractivity contribution < 1.29 is 13.9 Å². The number of aryl methyl sites for hydroxylation is 1. The second-order valence-corrected chi connectivity index (χ2v) is 7.35. The molecule has 1 aliphatic rings. The van der Waals surface area contributed by atoms with Crippen LogP contribution in [0, 0.1) is 34.9 Å². The molecule has 0 spiro atoms. The fourth-order valence-corrected chi connectivity index (χ4v) is 3.82. The Bertz CT molecular complexity index is 1040. The number of nitroso groups, excluding NO2 is 1. The van der Waals surface area contributed by atoms with Crippen LogP contribution >= 0.6 is 0 Å². The van der Waals surface area contributed by atoms with Gasteiger partial charge in [0.1, 0.15) is 11.7 Å². The maximum atomic E-state index is 13.4. The lowest BCUT2D eigenvalue weighted by Crippen LogP contribution is -2.49. The first-order chi connectivity index (χ1) is 13.3. The number of fused-ring (bicyclic) bond motifs is 1. The standard InChI is InChI=1S/C20H21FN4O3/c1-11-15-5-4-14(21)7-17(15)24-20(27)16(11)8-19(26)23-12(2)18-6-3-13(9-22)10-25(18)28/h4-5,7,12-13,18H,3,6,8,10H2,1-2H3,(H-,23,24,26,27)/p+1. The fraction of sp³-hybridized carbons (Fsp3) is 0.450. The zero-order valence-electron chi connectivity index (χ0n) is 15.8. The molecule has 2 N–H and O–H groups in total. The summed E-state index contributed by atoms with van der Waals surface area (Å²) >= 11 is 0. The van der Waals surface area contributed by atoms with Crippen LogP contribution in [0.4, 0.5) is 4.39 Å². The number of amides is 1. The van der Waals surface area contributed by atoms with Crippen LogP contribution in [0.5, 0.6) is 0 Å². The van der Waals surface area contributed by atoms with Crippen molar-refractivity contribution in [3.63, 3.8) is 0 Å². The summed E-state index contributed by atoms with van der Waals surface area (Å²) < 4.78 is 14.2. The number of aromatic amines is 1. The highest BCUT2D eigenvalue weighted by Crippen LogP contribution is 2.21. The van der Waals surface area contributed by atoms with E-state index in [2.05, 4.69) is 16.4 Å². The maximum Gasteiger partial charge on any atom is 0.252 e. The second kappa shape index (κ2) is 7.89. The summed E-state index contributed by atoms with van der Waals surface area (Å²) in [5.41, 5.74) is 0.896. The van der Waals surface area contributed by atoms with E-state index < -0.39 is 23.5 Å². The Kier molecular flexibility index (Phi) is 5.54. The lowest BCUT2D eigenvalue weighted by Gasteiger charge is -2.23. The number of carbonyl (C=O) groups excluding carboxylic acids is 1. The molecule has 8 heteroatoms. The zero-order chi connectivity index (χ0) is 20.4. The van der Waals surface area contributed by atoms with Gasteiger partial charge in [0, 0.05) is 27.0 Å². The third-order valence-corrected chi connectivity index (χ3v) is 5.43. The number of benzene rings is 1. The van der Waals surface area contributed by atoms with Crippen molar-refractivity contribution in [3.8, 4) is 6.07 Å². The van der Waals surface area contributed by atoms with Crippen molar-refractivity contribution in [1.82, 2.24) is 10.3 Å². The summed E-state index contributed by atoms with van der Waals surface area (Å²) in [4.78, 5) is 39.6. The van der Waals surface area contributed by atoms with E-state index in [-0.39, 0.29) is 24.8 Å². The molecule has 1 saturated heterocycles. The first-order valence-corrected chi connectivity index (χ1v) is 9.24. The van der Waals surface area contributed by atoms with Gasteiger partial charge in [-0.05, 0) is 44.0 Å². The molecule has 0 radical (unpaired) electrons. The predicted octanol–water partition coefficient (Wildman–Crippen LogP) is 2.10. The number of pyridine rings is 1. The van der Waals surface area contributed by atoms with Crippen LogP contribution in [0.15, 0.2) is 23.0 Å². The molecule has 2 aromatic rings. The number of nitrogens with zero attached hydrogens (tertiary/aromatic N) is 2. The number of H-pyrrole nitrogens is 1. The van der Waals surface area contributed by atoms with Gasteiger partial charge in [-0.15, -0.1) is 0 Å². The average molecular weight is 385 g/mol. The molecule has 0 bridgehead atoms. The molecule has 0 aliphatic carbocycles. The van der Waals surface area contributed by atoms with Gasteiger partial charge in [-0.1, -0.05) is 0 Å². The molecule has 146 valence electrons. The van der Waals surface area contributed by atoms with Crippen molar-refractivity contribution in [2.24, 2.45) is 5.92 Å². The Balaban J connectivity index is 1.73. The number of hydrogen-bond donors (Lipinski definition) is 2. The molecule has 7 nitrogen and oxygen atoms in total. The molecular formula is C20H22FN4O3+. The van der Waals surface area contributed by atoms with Gasteiger partial charge < -0.3 is 10.3 Å². The third kappa shape index (κ3) is 3.93. The van der Waals surface area contributed by atoms with E-state index in [0.717, 1.165) is 4.76 Å². The molecule has 3 unspecified atom stereocenters. The van der Waals surface area contributed by atoms with Crippen molar-refractivity contribution in [1.29, 1.82) is 5.26 Å². The number of nitriles is 1. The van der Waals surface area contributed by atoms with Gasteiger partial charge in [0.2, 0.25) is 18.5 Å². The Morgan fingerprint density at radius 1 is 1.46 bits per heavy atom. The van der Waals surface area contributed by atoms with Crippen molar-refractivity contribution in [2.45, 2.75) is 45.2 Å².